The second-order valence-corrected chi connectivity index (χ2v) is 9.01. The van der Waals surface area contributed by atoms with Gasteiger partial charge in [-0.15, -0.1) is 0 Å². The Morgan fingerprint density at radius 1 is 1.00 bits per heavy atom. The highest BCUT2D eigenvalue weighted by atomic mass is 32.2. The average molecular weight is 389 g/mol. The lowest BCUT2D eigenvalue weighted by atomic mass is 10.0. The molecule has 0 spiro atoms. The van der Waals surface area contributed by atoms with Gasteiger partial charge in [-0.2, -0.15) is 0 Å². The molecule has 2 aromatic carbocycles. The van der Waals surface area contributed by atoms with Gasteiger partial charge in [0.1, 0.15) is 6.04 Å². The van der Waals surface area contributed by atoms with Crippen LogP contribution in [0.3, 0.4) is 0 Å². The monoisotopic (exact) mass is 388 g/mol. The molecule has 1 N–H and O–H groups in total. The van der Waals surface area contributed by atoms with Crippen molar-refractivity contribution in [3.63, 3.8) is 0 Å². The Bertz CT molecular complexity index is 938. The summed E-state index contributed by atoms with van der Waals surface area (Å²) in [6.07, 6.45) is 1.12. The molecule has 0 radical (unpaired) electrons. The lowest BCUT2D eigenvalue weighted by Gasteiger charge is -2.29. The minimum Gasteiger partial charge on any atom is -0.348 e. The summed E-state index contributed by atoms with van der Waals surface area (Å²) < 4.78 is 25.9. The van der Waals surface area contributed by atoms with Crippen LogP contribution in [0.4, 0.5) is 5.69 Å². The first-order valence-electron chi connectivity index (χ1n) is 8.94. The molecule has 0 heterocycles. The van der Waals surface area contributed by atoms with E-state index in [1.54, 1.807) is 25.1 Å². The SMILES string of the molecule is Cc1cccc(N([C@H](C)C(=O)N[C@H](C)c2ccc(C)c(C)c2)S(C)(=O)=O)c1. The molecule has 0 aliphatic heterocycles. The molecule has 146 valence electrons. The predicted molar refractivity (Wildman–Crippen MR) is 110 cm³/mol. The third-order valence-corrected chi connectivity index (χ3v) is 5.98. The van der Waals surface area contributed by atoms with Crippen molar-refractivity contribution in [3.05, 3.63) is 64.7 Å². The summed E-state index contributed by atoms with van der Waals surface area (Å²) >= 11 is 0. The van der Waals surface area contributed by atoms with Crippen LogP contribution < -0.4 is 9.62 Å². The number of nitrogens with one attached hydrogen (secondary N) is 1. The molecule has 2 rings (SSSR count). The number of hydrogen-bond acceptors (Lipinski definition) is 3. The molecule has 0 fully saturated rings. The molecule has 2 aromatic rings. The smallest absolute Gasteiger partial charge is 0.244 e. The van der Waals surface area contributed by atoms with Crippen molar-refractivity contribution in [2.75, 3.05) is 10.6 Å². The number of amides is 1. The van der Waals surface area contributed by atoms with Crippen LogP contribution in [0, 0.1) is 20.8 Å². The number of rotatable bonds is 6. The van der Waals surface area contributed by atoms with Crippen molar-refractivity contribution in [1.29, 1.82) is 0 Å². The Morgan fingerprint density at radius 3 is 2.22 bits per heavy atom. The van der Waals surface area contributed by atoms with Crippen molar-refractivity contribution >= 4 is 21.6 Å². The highest BCUT2D eigenvalue weighted by Crippen LogP contribution is 2.23. The fourth-order valence-corrected chi connectivity index (χ4v) is 4.19. The molecule has 0 aliphatic carbocycles. The molecular weight excluding hydrogens is 360 g/mol. The third-order valence-electron chi connectivity index (χ3n) is 4.73. The summed E-state index contributed by atoms with van der Waals surface area (Å²) in [7, 11) is -3.62. The van der Waals surface area contributed by atoms with Crippen LogP contribution in [0.15, 0.2) is 42.5 Å². The van der Waals surface area contributed by atoms with Gasteiger partial charge in [0.25, 0.3) is 0 Å². The van der Waals surface area contributed by atoms with Gasteiger partial charge in [-0.25, -0.2) is 8.42 Å². The summed E-state index contributed by atoms with van der Waals surface area (Å²) in [5, 5.41) is 2.93. The van der Waals surface area contributed by atoms with Crippen molar-refractivity contribution in [2.24, 2.45) is 0 Å². The summed E-state index contributed by atoms with van der Waals surface area (Å²) in [5.74, 6) is -0.340. The topological polar surface area (TPSA) is 66.5 Å². The average Bonchev–Trinajstić information content (AvgIpc) is 2.56. The molecule has 2 atom stereocenters. The normalized spacial score (nSPS) is 13.7. The quantitative estimate of drug-likeness (QED) is 0.821. The molecule has 0 aliphatic rings. The molecule has 5 nitrogen and oxygen atoms in total. The van der Waals surface area contributed by atoms with Crippen molar-refractivity contribution in [1.82, 2.24) is 5.32 Å². The molecule has 27 heavy (non-hydrogen) atoms. The maximum Gasteiger partial charge on any atom is 0.244 e. The number of anilines is 1. The molecule has 0 unspecified atom stereocenters. The van der Waals surface area contributed by atoms with Crippen LogP contribution >= 0.6 is 0 Å². The zero-order valence-electron chi connectivity index (χ0n) is 16.8. The largest absolute Gasteiger partial charge is 0.348 e. The van der Waals surface area contributed by atoms with Crippen LogP contribution in [0.25, 0.3) is 0 Å². The number of nitrogens with zero attached hydrogens (tertiary/aromatic N) is 1. The van der Waals surface area contributed by atoms with E-state index < -0.39 is 16.1 Å². The van der Waals surface area contributed by atoms with Gasteiger partial charge in [0.05, 0.1) is 18.0 Å². The summed E-state index contributed by atoms with van der Waals surface area (Å²) in [4.78, 5) is 12.8. The van der Waals surface area contributed by atoms with Gasteiger partial charge in [-0.3, -0.25) is 9.10 Å². The molecule has 6 heteroatoms. The van der Waals surface area contributed by atoms with E-state index in [9.17, 15) is 13.2 Å². The first-order valence-corrected chi connectivity index (χ1v) is 10.8. The molecular formula is C21H28N2O3S. The second kappa shape index (κ2) is 8.13. The van der Waals surface area contributed by atoms with Gasteiger partial charge in [-0.1, -0.05) is 30.3 Å². The van der Waals surface area contributed by atoms with Crippen LogP contribution in [0.2, 0.25) is 0 Å². The Labute approximate surface area is 162 Å². The van der Waals surface area contributed by atoms with Gasteiger partial charge >= 0.3 is 0 Å². The van der Waals surface area contributed by atoms with Crippen LogP contribution in [-0.2, 0) is 14.8 Å². The zero-order valence-corrected chi connectivity index (χ0v) is 17.6. The summed E-state index contributed by atoms with van der Waals surface area (Å²) in [5.41, 5.74) is 4.74. The van der Waals surface area contributed by atoms with Crippen molar-refractivity contribution in [3.8, 4) is 0 Å². The molecule has 1 amide bonds. The number of aryl methyl sites for hydroxylation is 3. The molecule has 0 bridgehead atoms. The summed E-state index contributed by atoms with van der Waals surface area (Å²) in [6.45, 7) is 9.45. The highest BCUT2D eigenvalue weighted by molar-refractivity contribution is 7.92. The van der Waals surface area contributed by atoms with Gasteiger partial charge in [-0.05, 0) is 69.0 Å². The van der Waals surface area contributed by atoms with Gasteiger partial charge < -0.3 is 5.32 Å². The number of benzene rings is 2. The Balaban J connectivity index is 2.25. The lowest BCUT2D eigenvalue weighted by Crippen LogP contribution is -2.48. The first-order chi connectivity index (χ1) is 12.5. The van der Waals surface area contributed by atoms with E-state index in [2.05, 4.69) is 5.32 Å². The lowest BCUT2D eigenvalue weighted by molar-refractivity contribution is -0.122. The van der Waals surface area contributed by atoms with Gasteiger partial charge in [0.2, 0.25) is 15.9 Å². The second-order valence-electron chi connectivity index (χ2n) is 7.15. The molecule has 0 saturated carbocycles. The van der Waals surface area contributed by atoms with E-state index >= 15 is 0 Å². The standard InChI is InChI=1S/C21H28N2O3S/c1-14-8-7-9-20(12-14)23(27(6,25)26)18(5)21(24)22-17(4)19-11-10-15(2)16(3)13-19/h7-13,17-18H,1-6H3,(H,22,24)/t17-,18-/m1/s1. The van der Waals surface area contributed by atoms with Crippen LogP contribution in [-0.4, -0.2) is 26.6 Å². The number of carbonyl (C=O) groups is 1. The first kappa shape index (κ1) is 21.0. The number of sulfonamides is 1. The van der Waals surface area contributed by atoms with Crippen LogP contribution in [0.1, 0.15) is 42.1 Å². The minimum atomic E-state index is -3.62. The van der Waals surface area contributed by atoms with Gasteiger partial charge in [0, 0.05) is 0 Å². The van der Waals surface area contributed by atoms with E-state index in [-0.39, 0.29) is 11.9 Å². The minimum absolute atomic E-state index is 0.224. The van der Waals surface area contributed by atoms with E-state index in [0.29, 0.717) is 5.69 Å². The summed E-state index contributed by atoms with van der Waals surface area (Å²) in [6, 6.07) is 12.1. The van der Waals surface area contributed by atoms with Crippen molar-refractivity contribution in [2.45, 2.75) is 46.7 Å². The highest BCUT2D eigenvalue weighted by Gasteiger charge is 2.29. The van der Waals surface area contributed by atoms with E-state index in [1.165, 1.54) is 9.87 Å². The zero-order chi connectivity index (χ0) is 20.4. The van der Waals surface area contributed by atoms with Gasteiger partial charge in [0.15, 0.2) is 0 Å². The Morgan fingerprint density at radius 2 is 1.67 bits per heavy atom. The van der Waals surface area contributed by atoms with Crippen molar-refractivity contribution < 1.29 is 13.2 Å². The number of hydrogen-bond donors (Lipinski definition) is 1. The van der Waals surface area contributed by atoms with E-state index in [1.807, 2.05) is 52.0 Å². The molecule has 0 saturated heterocycles. The fourth-order valence-electron chi connectivity index (χ4n) is 3.03. The third kappa shape index (κ3) is 5.10. The maximum atomic E-state index is 12.8. The Hall–Kier alpha value is -2.34. The predicted octanol–water partition coefficient (Wildman–Crippen LogP) is 3.64. The van der Waals surface area contributed by atoms with Crippen LogP contribution in [0.5, 0.6) is 0 Å². The maximum absolute atomic E-state index is 12.8. The fraction of sp³-hybridized carbons (Fsp3) is 0.381. The molecule has 0 aromatic heterocycles. The number of carbonyl (C=O) groups excluding carboxylic acids is 1. The van der Waals surface area contributed by atoms with E-state index in [4.69, 9.17) is 0 Å². The van der Waals surface area contributed by atoms with E-state index in [0.717, 1.165) is 22.9 Å². The Kier molecular flexibility index (Phi) is 6.31.